The lowest BCUT2D eigenvalue weighted by atomic mass is 10.0. The highest BCUT2D eigenvalue weighted by atomic mass is 32.2. The maximum atomic E-state index is 13.8. The second-order valence-corrected chi connectivity index (χ2v) is 10.5. The average molecular weight is 486 g/mol. The number of fused-ring (bicyclic) bond motifs is 1. The summed E-state index contributed by atoms with van der Waals surface area (Å²) in [4.78, 5) is 31.4. The third-order valence-electron chi connectivity index (χ3n) is 6.36. The zero-order valence-corrected chi connectivity index (χ0v) is 21.5. The molecule has 6 nitrogen and oxygen atoms in total. The van der Waals surface area contributed by atoms with Gasteiger partial charge in [0.15, 0.2) is 0 Å². The molecule has 0 spiro atoms. The van der Waals surface area contributed by atoms with Crippen molar-refractivity contribution in [2.75, 3.05) is 18.0 Å². The van der Waals surface area contributed by atoms with Crippen LogP contribution in [0.25, 0.3) is 17.0 Å². The number of carbonyl (C=O) groups excluding carboxylic acids is 1. The molecule has 1 amide bonds. The van der Waals surface area contributed by atoms with Gasteiger partial charge in [0.2, 0.25) is 0 Å². The van der Waals surface area contributed by atoms with Gasteiger partial charge < -0.3 is 14.2 Å². The van der Waals surface area contributed by atoms with E-state index in [1.165, 1.54) is 11.8 Å². The number of carbonyl (C=O) groups is 1. The number of amides is 1. The molecular weight excluding hydrogens is 454 g/mol. The number of pyridine rings is 1. The van der Waals surface area contributed by atoms with Crippen LogP contribution in [0.3, 0.4) is 0 Å². The van der Waals surface area contributed by atoms with Crippen molar-refractivity contribution in [3.8, 4) is 0 Å². The molecule has 176 valence electrons. The number of anilines is 1. The van der Waals surface area contributed by atoms with Gasteiger partial charge in [0, 0.05) is 31.1 Å². The number of aryl methyl sites for hydroxylation is 1. The molecule has 0 N–H and O–H groups in total. The Morgan fingerprint density at radius 3 is 2.48 bits per heavy atom. The van der Waals surface area contributed by atoms with Gasteiger partial charge in [0.1, 0.15) is 4.32 Å². The molecule has 2 aliphatic rings. The van der Waals surface area contributed by atoms with E-state index in [0.29, 0.717) is 34.4 Å². The quantitative estimate of drug-likeness (QED) is 0.455. The first-order valence-corrected chi connectivity index (χ1v) is 12.8. The van der Waals surface area contributed by atoms with Crippen LogP contribution in [-0.2, 0) is 16.1 Å². The Labute approximate surface area is 204 Å². The maximum Gasteiger partial charge on any atom is 0.266 e. The fraction of sp³-hybridized carbons (Fsp3) is 0.480. The topological polar surface area (TPSA) is 54.8 Å². The summed E-state index contributed by atoms with van der Waals surface area (Å²) in [5, 5.41) is 1.00. The summed E-state index contributed by atoms with van der Waals surface area (Å²) in [5.74, 6) is -0.121. The number of ether oxygens (including phenoxy) is 1. The average Bonchev–Trinajstić information content (AvgIpc) is 3.06. The Kier molecular flexibility index (Phi) is 6.98. The lowest BCUT2D eigenvalue weighted by molar-refractivity contribution is -0.123. The number of para-hydroxylation sites is 1. The number of thiocarbonyl (C=S) groups is 1. The van der Waals surface area contributed by atoms with Crippen molar-refractivity contribution in [3.63, 3.8) is 0 Å². The minimum absolute atomic E-state index is 0.0210. The summed E-state index contributed by atoms with van der Waals surface area (Å²) in [7, 11) is 0. The summed E-state index contributed by atoms with van der Waals surface area (Å²) in [6.45, 7) is 12.0. The molecule has 1 aromatic heterocycles. The minimum Gasteiger partial charge on any atom is -0.372 e. The Hall–Kier alpha value is -2.16. The lowest BCUT2D eigenvalue weighted by Gasteiger charge is -2.38. The first-order valence-electron chi connectivity index (χ1n) is 11.6. The highest BCUT2D eigenvalue weighted by molar-refractivity contribution is 8.26. The molecule has 4 rings (SSSR count). The van der Waals surface area contributed by atoms with E-state index in [-0.39, 0.29) is 29.7 Å². The van der Waals surface area contributed by atoms with Crippen LogP contribution in [-0.4, -0.2) is 51.0 Å². The van der Waals surface area contributed by atoms with E-state index >= 15 is 0 Å². The van der Waals surface area contributed by atoms with Gasteiger partial charge >= 0.3 is 0 Å². The molecular formula is C25H31N3O3S2. The van der Waals surface area contributed by atoms with Crippen molar-refractivity contribution in [2.24, 2.45) is 0 Å². The molecule has 2 aromatic rings. The zero-order valence-electron chi connectivity index (χ0n) is 19.8. The molecule has 3 atom stereocenters. The van der Waals surface area contributed by atoms with E-state index in [1.54, 1.807) is 15.5 Å². The zero-order chi connectivity index (χ0) is 23.9. The number of hydrogen-bond acceptors (Lipinski definition) is 6. The number of hydrogen-bond donors (Lipinski definition) is 0. The summed E-state index contributed by atoms with van der Waals surface area (Å²) in [5.41, 5.74) is 2.22. The normalized spacial score (nSPS) is 23.7. The summed E-state index contributed by atoms with van der Waals surface area (Å²) >= 11 is 6.80. The molecule has 1 aromatic carbocycles. The molecule has 0 aliphatic carbocycles. The van der Waals surface area contributed by atoms with E-state index in [9.17, 15) is 9.59 Å². The molecule has 8 heteroatoms. The van der Waals surface area contributed by atoms with Gasteiger partial charge in [0.25, 0.3) is 11.5 Å². The minimum atomic E-state index is -0.121. The smallest absolute Gasteiger partial charge is 0.266 e. The van der Waals surface area contributed by atoms with Crippen LogP contribution in [0.4, 0.5) is 5.69 Å². The molecule has 33 heavy (non-hydrogen) atoms. The monoisotopic (exact) mass is 485 g/mol. The predicted molar refractivity (Wildman–Crippen MR) is 141 cm³/mol. The summed E-state index contributed by atoms with van der Waals surface area (Å²) < 4.78 is 8.29. The third-order valence-corrected chi connectivity index (χ3v) is 7.69. The van der Waals surface area contributed by atoms with Crippen LogP contribution in [0.2, 0.25) is 0 Å². The molecule has 0 saturated carbocycles. The largest absolute Gasteiger partial charge is 0.372 e. The van der Waals surface area contributed by atoms with E-state index in [1.807, 2.05) is 39.0 Å². The van der Waals surface area contributed by atoms with Crippen LogP contribution in [0.15, 0.2) is 34.0 Å². The Morgan fingerprint density at radius 1 is 1.18 bits per heavy atom. The first kappa shape index (κ1) is 24.0. The highest BCUT2D eigenvalue weighted by Gasteiger charge is 2.36. The van der Waals surface area contributed by atoms with Gasteiger partial charge in [-0.25, -0.2) is 0 Å². The van der Waals surface area contributed by atoms with Crippen LogP contribution in [0.1, 0.15) is 46.6 Å². The summed E-state index contributed by atoms with van der Waals surface area (Å²) in [6, 6.07) is 8.02. The molecule has 0 radical (unpaired) electrons. The molecule has 2 fully saturated rings. The number of morpholine rings is 1. The number of nitrogens with zero attached hydrogens (tertiary/aromatic N) is 3. The maximum absolute atomic E-state index is 13.8. The standard InChI is InChI=1S/C25H31N3O3S2/c1-6-15(3)28-24(30)21(33-25(28)32)12-19-22(26-13-16(4)31-17(5)14-26)18-10-8-9-11-20(18)27(7-2)23(19)29/h8-12,15-17H,6-7,13-14H2,1-5H3. The molecule has 2 aliphatic heterocycles. The van der Waals surface area contributed by atoms with Crippen molar-refractivity contribution in [1.29, 1.82) is 0 Å². The van der Waals surface area contributed by atoms with Crippen molar-refractivity contribution in [1.82, 2.24) is 9.47 Å². The van der Waals surface area contributed by atoms with Gasteiger partial charge in [-0.1, -0.05) is 49.1 Å². The van der Waals surface area contributed by atoms with Gasteiger partial charge in [-0.2, -0.15) is 0 Å². The van der Waals surface area contributed by atoms with Gasteiger partial charge in [0.05, 0.1) is 33.9 Å². The van der Waals surface area contributed by atoms with Crippen LogP contribution >= 0.6 is 24.0 Å². The fourth-order valence-electron chi connectivity index (χ4n) is 4.73. The number of aromatic nitrogens is 1. The van der Waals surface area contributed by atoms with Crippen molar-refractivity contribution < 1.29 is 9.53 Å². The van der Waals surface area contributed by atoms with E-state index in [0.717, 1.165) is 23.0 Å². The second-order valence-electron chi connectivity index (χ2n) is 8.80. The molecule has 3 unspecified atom stereocenters. The van der Waals surface area contributed by atoms with Crippen LogP contribution < -0.4 is 10.5 Å². The molecule has 0 bridgehead atoms. The van der Waals surface area contributed by atoms with Crippen molar-refractivity contribution in [2.45, 2.75) is 65.8 Å². The molecule has 2 saturated heterocycles. The SMILES string of the molecule is CCC(C)N1C(=O)C(=Cc2c(N3CC(C)OC(C)C3)c3ccccc3n(CC)c2=O)SC1=S. The fourth-order valence-corrected chi connectivity index (χ4v) is 6.17. The second kappa shape index (κ2) is 9.60. The van der Waals surface area contributed by atoms with Gasteiger partial charge in [-0.05, 0) is 46.3 Å². The van der Waals surface area contributed by atoms with E-state index < -0.39 is 0 Å². The number of thioether (sulfide) groups is 1. The number of rotatable bonds is 5. The lowest BCUT2D eigenvalue weighted by Crippen LogP contribution is -2.46. The number of benzene rings is 1. The van der Waals surface area contributed by atoms with Crippen molar-refractivity contribution in [3.05, 3.63) is 45.1 Å². The van der Waals surface area contributed by atoms with Crippen molar-refractivity contribution >= 4 is 56.9 Å². The predicted octanol–water partition coefficient (Wildman–Crippen LogP) is 4.63. The van der Waals surface area contributed by atoms with E-state index in [4.69, 9.17) is 17.0 Å². The van der Waals surface area contributed by atoms with Crippen LogP contribution in [0.5, 0.6) is 0 Å². The highest BCUT2D eigenvalue weighted by Crippen LogP contribution is 2.37. The summed E-state index contributed by atoms with van der Waals surface area (Å²) in [6.07, 6.45) is 2.66. The Balaban J connectivity index is 1.95. The van der Waals surface area contributed by atoms with Gasteiger partial charge in [-0.3, -0.25) is 14.5 Å². The Morgan fingerprint density at radius 2 is 1.85 bits per heavy atom. The van der Waals surface area contributed by atoms with E-state index in [2.05, 4.69) is 24.8 Å². The first-order chi connectivity index (χ1) is 15.8. The van der Waals surface area contributed by atoms with Gasteiger partial charge in [-0.15, -0.1) is 0 Å². The third kappa shape index (κ3) is 4.36. The Bertz CT molecular complexity index is 1180. The van der Waals surface area contributed by atoms with Crippen LogP contribution in [0, 0.1) is 0 Å². The molecule has 3 heterocycles.